The van der Waals surface area contributed by atoms with E-state index in [4.69, 9.17) is 25.4 Å². The van der Waals surface area contributed by atoms with Gasteiger partial charge in [-0.2, -0.15) is 0 Å². The first-order valence-corrected chi connectivity index (χ1v) is 11.8. The van der Waals surface area contributed by atoms with Gasteiger partial charge in [-0.15, -0.1) is 0 Å². The number of carboxylic acids is 1. The molecule has 1 atom stereocenters. The number of hydrogen-bond donors (Lipinski definition) is 5. The number of nitrogens with zero attached hydrogens (tertiary/aromatic N) is 1. The molecule has 0 saturated heterocycles. The molecule has 1 aliphatic rings. The van der Waals surface area contributed by atoms with E-state index in [0.29, 0.717) is 17.0 Å². The number of esters is 2. The van der Waals surface area contributed by atoms with Gasteiger partial charge >= 0.3 is 17.9 Å². The third-order valence-electron chi connectivity index (χ3n) is 6.12. The smallest absolute Gasteiger partial charge is 0.336 e. The van der Waals surface area contributed by atoms with E-state index in [1.165, 1.54) is 57.5 Å². The van der Waals surface area contributed by atoms with Crippen molar-refractivity contribution in [3.63, 3.8) is 0 Å². The van der Waals surface area contributed by atoms with E-state index in [1.807, 2.05) is 0 Å². The summed E-state index contributed by atoms with van der Waals surface area (Å²) >= 11 is 0. The Labute approximate surface area is 229 Å². The Morgan fingerprint density at radius 2 is 1.52 bits per heavy atom. The van der Waals surface area contributed by atoms with Gasteiger partial charge in [0.1, 0.15) is 5.54 Å². The van der Waals surface area contributed by atoms with Crippen LogP contribution in [0.4, 0.5) is 5.69 Å². The highest BCUT2D eigenvalue weighted by atomic mass is 16.6. The lowest BCUT2D eigenvalue weighted by atomic mass is 9.79. The van der Waals surface area contributed by atoms with Gasteiger partial charge in [-0.1, -0.05) is 24.3 Å². The fourth-order valence-corrected chi connectivity index (χ4v) is 4.14. The molecule has 214 valence electrons. The predicted octanol–water partition coefficient (Wildman–Crippen LogP) is 2.62. The number of dihydropyridines is 1. The van der Waals surface area contributed by atoms with Crippen molar-refractivity contribution < 1.29 is 44.1 Å². The summed E-state index contributed by atoms with van der Waals surface area (Å²) in [5, 5.41) is 41.4. The number of nitro groups is 1. The summed E-state index contributed by atoms with van der Waals surface area (Å²) in [6.07, 6.45) is 0.0795. The molecule has 6 N–H and O–H groups in total. The average Bonchev–Trinajstić information content (AvgIpc) is 2.89. The number of nitro benzene ring substituents is 1. The van der Waals surface area contributed by atoms with Gasteiger partial charge in [0.2, 0.25) is 0 Å². The molecular weight excluding hydrogens is 526 g/mol. The first kappa shape index (κ1) is 31.3. The molecule has 0 saturated carbocycles. The van der Waals surface area contributed by atoms with E-state index in [2.05, 4.69) is 5.32 Å². The number of para-hydroxylation sites is 1. The maximum absolute atomic E-state index is 12.3. The number of hydrogen-bond acceptors (Lipinski definition) is 11. The molecule has 2 aromatic carbocycles. The standard InChI is InChI=1S/C17H18N2O6.C10H13NO4/c1-9-13(16(20)24-3)15(14(10(2)18-9)17(21)25-4)11-7-5-6-8-12(11)19(22)23;1-10(11,9(14)15)5-6-2-3-7(12)8(13)4-6/h5-8,15,18H,1-4H3;2-4,12-13H,5,11H2,1H3,(H,14,15). The fraction of sp³-hybridized carbons (Fsp3) is 0.296. The van der Waals surface area contributed by atoms with Crippen LogP contribution in [0.2, 0.25) is 0 Å². The summed E-state index contributed by atoms with van der Waals surface area (Å²) < 4.78 is 9.66. The minimum absolute atomic E-state index is 0.0795. The topological polar surface area (TPSA) is 212 Å². The number of aromatic hydroxyl groups is 2. The Bertz CT molecular complexity index is 1360. The lowest BCUT2D eigenvalue weighted by molar-refractivity contribution is -0.385. The van der Waals surface area contributed by atoms with Crippen molar-refractivity contribution in [2.45, 2.75) is 38.6 Å². The highest BCUT2D eigenvalue weighted by molar-refractivity contribution is 6.00. The second-order valence-corrected chi connectivity index (χ2v) is 9.16. The first-order chi connectivity index (χ1) is 18.7. The number of allylic oxidation sites excluding steroid dienone is 2. The van der Waals surface area contributed by atoms with Crippen LogP contribution in [0.1, 0.15) is 37.8 Å². The van der Waals surface area contributed by atoms with Gasteiger partial charge in [0.25, 0.3) is 5.69 Å². The zero-order valence-corrected chi connectivity index (χ0v) is 22.5. The van der Waals surface area contributed by atoms with Gasteiger partial charge in [-0.3, -0.25) is 14.9 Å². The Morgan fingerprint density at radius 1 is 1.00 bits per heavy atom. The van der Waals surface area contributed by atoms with Gasteiger partial charge in [0.05, 0.1) is 36.2 Å². The zero-order valence-electron chi connectivity index (χ0n) is 22.5. The molecule has 1 unspecified atom stereocenters. The molecule has 0 radical (unpaired) electrons. The number of aliphatic carboxylic acids is 1. The summed E-state index contributed by atoms with van der Waals surface area (Å²) in [5.41, 5.74) is 5.90. The van der Waals surface area contributed by atoms with Crippen molar-refractivity contribution >= 4 is 23.6 Å². The second kappa shape index (κ2) is 12.8. The molecule has 13 heteroatoms. The zero-order chi connectivity index (χ0) is 30.4. The van der Waals surface area contributed by atoms with Gasteiger partial charge in [0.15, 0.2) is 11.5 Å². The number of phenols is 2. The van der Waals surface area contributed by atoms with Crippen molar-refractivity contribution in [3.8, 4) is 11.5 Å². The quantitative estimate of drug-likeness (QED) is 0.144. The molecule has 1 aliphatic heterocycles. The summed E-state index contributed by atoms with van der Waals surface area (Å²) in [4.78, 5) is 46.3. The van der Waals surface area contributed by atoms with E-state index >= 15 is 0 Å². The maximum Gasteiger partial charge on any atom is 0.336 e. The van der Waals surface area contributed by atoms with Crippen molar-refractivity contribution in [1.82, 2.24) is 5.32 Å². The van der Waals surface area contributed by atoms with Crippen LogP contribution in [-0.2, 0) is 30.3 Å². The van der Waals surface area contributed by atoms with Crippen LogP contribution in [0.15, 0.2) is 65.0 Å². The van der Waals surface area contributed by atoms with Crippen LogP contribution in [-0.4, -0.2) is 57.9 Å². The van der Waals surface area contributed by atoms with Gasteiger partial charge in [0, 0.05) is 29.4 Å². The first-order valence-electron chi connectivity index (χ1n) is 11.8. The largest absolute Gasteiger partial charge is 0.504 e. The number of benzene rings is 2. The van der Waals surface area contributed by atoms with Crippen LogP contribution in [0.5, 0.6) is 11.5 Å². The third-order valence-corrected chi connectivity index (χ3v) is 6.12. The number of carboxylic acid groups (broad SMARTS) is 1. The molecule has 0 bridgehead atoms. The fourth-order valence-electron chi connectivity index (χ4n) is 4.14. The minimum atomic E-state index is -1.39. The number of carbonyl (C=O) groups excluding carboxylic acids is 2. The molecular formula is C27H31N3O10. The van der Waals surface area contributed by atoms with E-state index < -0.39 is 34.3 Å². The van der Waals surface area contributed by atoms with Crippen LogP contribution in [0.3, 0.4) is 0 Å². The molecule has 0 spiro atoms. The normalized spacial score (nSPS) is 14.8. The molecule has 2 aromatic rings. The monoisotopic (exact) mass is 557 g/mol. The predicted molar refractivity (Wildman–Crippen MR) is 142 cm³/mol. The molecule has 1 heterocycles. The van der Waals surface area contributed by atoms with Gasteiger partial charge in [-0.05, 0) is 38.5 Å². The maximum atomic E-state index is 12.3. The molecule has 0 aliphatic carbocycles. The Hall–Kier alpha value is -4.91. The number of nitrogens with one attached hydrogen (secondary N) is 1. The molecule has 40 heavy (non-hydrogen) atoms. The van der Waals surface area contributed by atoms with E-state index in [-0.39, 0.29) is 40.3 Å². The van der Waals surface area contributed by atoms with Crippen LogP contribution in [0, 0.1) is 10.1 Å². The highest BCUT2D eigenvalue weighted by Crippen LogP contribution is 2.42. The van der Waals surface area contributed by atoms with Crippen molar-refractivity contribution in [3.05, 3.63) is 86.2 Å². The third kappa shape index (κ3) is 6.94. The summed E-state index contributed by atoms with van der Waals surface area (Å²) in [6, 6.07) is 10.1. The number of rotatable bonds is 7. The van der Waals surface area contributed by atoms with Gasteiger partial charge in [-0.25, -0.2) is 9.59 Å². The van der Waals surface area contributed by atoms with E-state index in [1.54, 1.807) is 19.9 Å². The van der Waals surface area contributed by atoms with E-state index in [9.17, 15) is 29.6 Å². The lowest BCUT2D eigenvalue weighted by Crippen LogP contribution is -2.46. The molecule has 0 aromatic heterocycles. The van der Waals surface area contributed by atoms with Crippen molar-refractivity contribution in [2.24, 2.45) is 5.73 Å². The molecule has 0 amide bonds. The minimum Gasteiger partial charge on any atom is -0.504 e. The second-order valence-electron chi connectivity index (χ2n) is 9.16. The Balaban J connectivity index is 0.000000319. The van der Waals surface area contributed by atoms with Crippen molar-refractivity contribution in [1.29, 1.82) is 0 Å². The van der Waals surface area contributed by atoms with Crippen LogP contribution < -0.4 is 11.1 Å². The Morgan fingerprint density at radius 3 is 1.98 bits per heavy atom. The van der Waals surface area contributed by atoms with Crippen LogP contribution >= 0.6 is 0 Å². The highest BCUT2D eigenvalue weighted by Gasteiger charge is 2.40. The number of ether oxygens (including phenoxy) is 2. The number of methoxy groups -OCH3 is 2. The van der Waals surface area contributed by atoms with E-state index in [0.717, 1.165) is 0 Å². The molecule has 13 nitrogen and oxygen atoms in total. The SMILES string of the molecule is CC(N)(Cc1ccc(O)c(O)c1)C(=O)O.COC(=O)C1=C(C)NC(C)=C(C(=O)OC)C1c1ccccc1[N+](=O)[O-]. The van der Waals surface area contributed by atoms with Gasteiger partial charge < -0.3 is 35.8 Å². The number of phenolic OH excluding ortho intramolecular Hbond substituents is 2. The number of carbonyl (C=O) groups is 3. The summed E-state index contributed by atoms with van der Waals surface area (Å²) in [7, 11) is 2.42. The molecule has 3 rings (SSSR count). The van der Waals surface area contributed by atoms with Crippen molar-refractivity contribution in [2.75, 3.05) is 14.2 Å². The summed E-state index contributed by atoms with van der Waals surface area (Å²) in [6.45, 7) is 4.68. The summed E-state index contributed by atoms with van der Waals surface area (Å²) in [5.74, 6) is -3.97. The molecule has 0 fully saturated rings. The number of nitrogens with two attached hydrogens (primary N) is 1. The van der Waals surface area contributed by atoms with Crippen LogP contribution in [0.25, 0.3) is 0 Å². The lowest BCUT2D eigenvalue weighted by Gasteiger charge is -2.29. The average molecular weight is 558 g/mol. The Kier molecular flexibility index (Phi) is 9.99.